The van der Waals surface area contributed by atoms with Crippen LogP contribution in [0.4, 0.5) is 0 Å². The van der Waals surface area contributed by atoms with Gasteiger partial charge in [-0.2, -0.15) is 11.3 Å². The summed E-state index contributed by atoms with van der Waals surface area (Å²) in [5, 5.41) is 6.96. The highest BCUT2D eigenvalue weighted by Gasteiger charge is 1.99. The summed E-state index contributed by atoms with van der Waals surface area (Å²) in [5.74, 6) is 0.160. The fourth-order valence-corrected chi connectivity index (χ4v) is 1.69. The molecule has 0 bridgehead atoms. The highest BCUT2D eigenvalue weighted by Crippen LogP contribution is 2.05. The normalized spacial score (nSPS) is 9.92. The zero-order valence-corrected chi connectivity index (χ0v) is 8.69. The second kappa shape index (κ2) is 5.75. The smallest absolute Gasteiger partial charge is 0.220 e. The van der Waals surface area contributed by atoms with Gasteiger partial charge in [-0.1, -0.05) is 13.3 Å². The SMILES string of the molecule is CCCCC(=O)NCc1ccsc1. The summed E-state index contributed by atoms with van der Waals surface area (Å²) < 4.78 is 0. The number of unbranched alkanes of at least 4 members (excludes halogenated alkanes) is 1. The van der Waals surface area contributed by atoms with E-state index in [1.54, 1.807) is 11.3 Å². The molecule has 3 heteroatoms. The first kappa shape index (κ1) is 10.3. The monoisotopic (exact) mass is 197 g/mol. The lowest BCUT2D eigenvalue weighted by Gasteiger charge is -2.02. The molecule has 0 spiro atoms. The number of hydrogen-bond acceptors (Lipinski definition) is 2. The lowest BCUT2D eigenvalue weighted by atomic mass is 10.2. The van der Waals surface area contributed by atoms with Crippen LogP contribution in [0.25, 0.3) is 0 Å². The molecule has 0 unspecified atom stereocenters. The molecule has 0 saturated heterocycles. The van der Waals surface area contributed by atoms with Crippen LogP contribution in [-0.2, 0) is 11.3 Å². The predicted molar refractivity (Wildman–Crippen MR) is 55.7 cm³/mol. The van der Waals surface area contributed by atoms with Crippen LogP contribution < -0.4 is 5.32 Å². The van der Waals surface area contributed by atoms with Crippen molar-refractivity contribution in [1.29, 1.82) is 0 Å². The summed E-state index contributed by atoms with van der Waals surface area (Å²) in [6.45, 7) is 2.76. The van der Waals surface area contributed by atoms with Crippen molar-refractivity contribution in [3.63, 3.8) is 0 Å². The van der Waals surface area contributed by atoms with Gasteiger partial charge in [0.1, 0.15) is 0 Å². The van der Waals surface area contributed by atoms with E-state index in [-0.39, 0.29) is 5.91 Å². The molecule has 0 fully saturated rings. The van der Waals surface area contributed by atoms with Crippen molar-refractivity contribution in [2.45, 2.75) is 32.7 Å². The van der Waals surface area contributed by atoms with Crippen LogP contribution in [0.3, 0.4) is 0 Å². The van der Waals surface area contributed by atoms with Gasteiger partial charge >= 0.3 is 0 Å². The third-order valence-electron chi connectivity index (χ3n) is 1.83. The largest absolute Gasteiger partial charge is 0.352 e. The van der Waals surface area contributed by atoms with Crippen LogP contribution in [0.15, 0.2) is 16.8 Å². The number of thiophene rings is 1. The molecule has 1 aromatic rings. The maximum atomic E-state index is 11.2. The number of rotatable bonds is 5. The van der Waals surface area contributed by atoms with Crippen LogP contribution in [0, 0.1) is 0 Å². The predicted octanol–water partition coefficient (Wildman–Crippen LogP) is 2.55. The summed E-state index contributed by atoms with van der Waals surface area (Å²) in [6.07, 6.45) is 2.71. The molecule has 0 radical (unpaired) electrons. The van der Waals surface area contributed by atoms with E-state index in [1.807, 2.05) is 11.4 Å². The molecule has 2 nitrogen and oxygen atoms in total. The van der Waals surface area contributed by atoms with E-state index in [0.717, 1.165) is 12.8 Å². The summed E-state index contributed by atoms with van der Waals surface area (Å²) in [5.41, 5.74) is 1.19. The minimum absolute atomic E-state index is 0.160. The molecule has 0 atom stereocenters. The number of amides is 1. The third-order valence-corrected chi connectivity index (χ3v) is 2.56. The van der Waals surface area contributed by atoms with Crippen molar-refractivity contribution < 1.29 is 4.79 Å². The van der Waals surface area contributed by atoms with Gasteiger partial charge in [-0.15, -0.1) is 0 Å². The summed E-state index contributed by atoms with van der Waals surface area (Å²) in [7, 11) is 0. The lowest BCUT2D eigenvalue weighted by molar-refractivity contribution is -0.121. The Balaban J connectivity index is 2.15. The lowest BCUT2D eigenvalue weighted by Crippen LogP contribution is -2.21. The topological polar surface area (TPSA) is 29.1 Å². The van der Waals surface area contributed by atoms with Crippen LogP contribution >= 0.6 is 11.3 Å². The van der Waals surface area contributed by atoms with E-state index >= 15 is 0 Å². The van der Waals surface area contributed by atoms with Crippen LogP contribution in [-0.4, -0.2) is 5.91 Å². The molecule has 0 aliphatic heterocycles. The van der Waals surface area contributed by atoms with Crippen LogP contribution in [0.2, 0.25) is 0 Å². The Morgan fingerprint density at radius 3 is 3.08 bits per heavy atom. The van der Waals surface area contributed by atoms with E-state index < -0.39 is 0 Å². The van der Waals surface area contributed by atoms with E-state index in [4.69, 9.17) is 0 Å². The fourth-order valence-electron chi connectivity index (χ4n) is 1.02. The molecule has 13 heavy (non-hydrogen) atoms. The Hall–Kier alpha value is -0.830. The quantitative estimate of drug-likeness (QED) is 0.772. The van der Waals surface area contributed by atoms with Crippen molar-refractivity contribution >= 4 is 17.2 Å². The Labute approximate surface area is 83.0 Å². The first-order chi connectivity index (χ1) is 6.33. The maximum absolute atomic E-state index is 11.2. The molecule has 0 aromatic carbocycles. The van der Waals surface area contributed by atoms with Gasteiger partial charge in [-0.3, -0.25) is 4.79 Å². The minimum atomic E-state index is 0.160. The van der Waals surface area contributed by atoms with Crippen molar-refractivity contribution in [3.05, 3.63) is 22.4 Å². The van der Waals surface area contributed by atoms with Gasteiger partial charge in [-0.05, 0) is 28.8 Å². The average Bonchev–Trinajstić information content (AvgIpc) is 2.64. The van der Waals surface area contributed by atoms with Gasteiger partial charge in [0.15, 0.2) is 0 Å². The first-order valence-electron chi connectivity index (χ1n) is 4.60. The molecule has 0 aliphatic carbocycles. The average molecular weight is 197 g/mol. The molecule has 72 valence electrons. The Morgan fingerprint density at radius 2 is 2.46 bits per heavy atom. The standard InChI is InChI=1S/C10H15NOS/c1-2-3-4-10(12)11-7-9-5-6-13-8-9/h5-6,8H,2-4,7H2,1H3,(H,11,12). The highest BCUT2D eigenvalue weighted by atomic mass is 32.1. The van der Waals surface area contributed by atoms with Crippen molar-refractivity contribution in [1.82, 2.24) is 5.32 Å². The van der Waals surface area contributed by atoms with Crippen molar-refractivity contribution in [3.8, 4) is 0 Å². The zero-order chi connectivity index (χ0) is 9.52. The van der Waals surface area contributed by atoms with E-state index in [2.05, 4.69) is 17.6 Å². The molecule has 1 N–H and O–H groups in total. The Kier molecular flexibility index (Phi) is 4.54. The van der Waals surface area contributed by atoms with E-state index in [1.165, 1.54) is 5.56 Å². The van der Waals surface area contributed by atoms with Gasteiger partial charge in [-0.25, -0.2) is 0 Å². The molecule has 0 saturated carbocycles. The highest BCUT2D eigenvalue weighted by molar-refractivity contribution is 7.07. The summed E-state index contributed by atoms with van der Waals surface area (Å²) >= 11 is 1.66. The Morgan fingerprint density at radius 1 is 1.62 bits per heavy atom. The van der Waals surface area contributed by atoms with Gasteiger partial charge in [0.2, 0.25) is 5.91 Å². The van der Waals surface area contributed by atoms with Gasteiger partial charge < -0.3 is 5.32 Å². The van der Waals surface area contributed by atoms with Gasteiger partial charge in [0, 0.05) is 13.0 Å². The molecule has 0 aliphatic rings. The fraction of sp³-hybridized carbons (Fsp3) is 0.500. The summed E-state index contributed by atoms with van der Waals surface area (Å²) in [6, 6.07) is 2.03. The van der Waals surface area contributed by atoms with Crippen LogP contribution in [0.1, 0.15) is 31.7 Å². The minimum Gasteiger partial charge on any atom is -0.352 e. The van der Waals surface area contributed by atoms with Crippen LogP contribution in [0.5, 0.6) is 0 Å². The molecule has 1 rings (SSSR count). The second-order valence-corrected chi connectivity index (χ2v) is 3.79. The number of hydrogen-bond donors (Lipinski definition) is 1. The maximum Gasteiger partial charge on any atom is 0.220 e. The summed E-state index contributed by atoms with van der Waals surface area (Å²) in [4.78, 5) is 11.2. The third kappa shape index (κ3) is 4.08. The van der Waals surface area contributed by atoms with Gasteiger partial charge in [0.25, 0.3) is 0 Å². The molecule has 1 amide bonds. The second-order valence-electron chi connectivity index (χ2n) is 3.01. The zero-order valence-electron chi connectivity index (χ0n) is 7.88. The van der Waals surface area contributed by atoms with E-state index in [9.17, 15) is 4.79 Å². The van der Waals surface area contributed by atoms with Crippen molar-refractivity contribution in [2.24, 2.45) is 0 Å². The Bertz CT molecular complexity index is 243. The molecular formula is C10H15NOS. The number of carbonyl (C=O) groups excluding carboxylic acids is 1. The van der Waals surface area contributed by atoms with E-state index in [0.29, 0.717) is 13.0 Å². The molecule has 1 heterocycles. The number of nitrogens with one attached hydrogen (secondary N) is 1. The van der Waals surface area contributed by atoms with Gasteiger partial charge in [0.05, 0.1) is 0 Å². The molecule has 1 aromatic heterocycles. The first-order valence-corrected chi connectivity index (χ1v) is 5.55. The molecular weight excluding hydrogens is 182 g/mol. The van der Waals surface area contributed by atoms with Crippen molar-refractivity contribution in [2.75, 3.05) is 0 Å². The number of carbonyl (C=O) groups is 1.